The van der Waals surface area contributed by atoms with Crippen LogP contribution in [0.1, 0.15) is 17.2 Å². The van der Waals surface area contributed by atoms with E-state index in [-0.39, 0.29) is 0 Å². The zero-order valence-corrected chi connectivity index (χ0v) is 14.5. The van der Waals surface area contributed by atoms with Crippen LogP contribution >= 0.6 is 50.1 Å². The third kappa shape index (κ3) is 3.42. The van der Waals surface area contributed by atoms with E-state index in [1.54, 1.807) is 25.3 Å². The smallest absolute Gasteiger partial charge is 0.120 e. The van der Waals surface area contributed by atoms with Gasteiger partial charge in [-0.2, -0.15) is 0 Å². The molecule has 0 aliphatic rings. The number of hydrogen-bond donors (Lipinski definition) is 1. The molecule has 0 aliphatic carbocycles. The normalized spacial score (nSPS) is 12.3. The number of benzene rings is 2. The van der Waals surface area contributed by atoms with Crippen LogP contribution in [-0.4, -0.2) is 12.2 Å². The molecule has 2 rings (SSSR count). The molecule has 2 aromatic carbocycles. The molecule has 1 atom stereocenters. The molecular formula is C14H11BrClIO2. The first-order chi connectivity index (χ1) is 9.02. The molecule has 0 aliphatic heterocycles. The van der Waals surface area contributed by atoms with Gasteiger partial charge in [0.1, 0.15) is 11.9 Å². The summed E-state index contributed by atoms with van der Waals surface area (Å²) in [7, 11) is 1.58. The zero-order chi connectivity index (χ0) is 14.0. The van der Waals surface area contributed by atoms with E-state index >= 15 is 0 Å². The number of hydrogen-bond acceptors (Lipinski definition) is 2. The second kappa shape index (κ2) is 6.43. The third-order valence-electron chi connectivity index (χ3n) is 2.75. The van der Waals surface area contributed by atoms with Crippen LogP contribution in [0.2, 0.25) is 5.02 Å². The second-order valence-corrected chi connectivity index (χ2v) is 6.46. The van der Waals surface area contributed by atoms with E-state index < -0.39 is 6.10 Å². The van der Waals surface area contributed by atoms with Crippen molar-refractivity contribution in [2.24, 2.45) is 0 Å². The molecule has 0 radical (unpaired) electrons. The van der Waals surface area contributed by atoms with Crippen molar-refractivity contribution in [3.63, 3.8) is 0 Å². The minimum atomic E-state index is -0.775. The highest BCUT2D eigenvalue weighted by Gasteiger charge is 2.17. The lowest BCUT2D eigenvalue weighted by Crippen LogP contribution is -2.02. The fourth-order valence-corrected chi connectivity index (χ4v) is 3.00. The molecule has 0 heterocycles. The maximum Gasteiger partial charge on any atom is 0.120 e. The highest BCUT2D eigenvalue weighted by atomic mass is 127. The molecule has 0 saturated heterocycles. The Hall–Kier alpha value is -0.300. The van der Waals surface area contributed by atoms with E-state index in [9.17, 15) is 5.11 Å². The van der Waals surface area contributed by atoms with Crippen LogP contribution in [0, 0.1) is 3.57 Å². The van der Waals surface area contributed by atoms with Gasteiger partial charge >= 0.3 is 0 Å². The molecular weight excluding hydrogens is 442 g/mol. The van der Waals surface area contributed by atoms with E-state index in [4.69, 9.17) is 16.3 Å². The van der Waals surface area contributed by atoms with Crippen LogP contribution in [0.5, 0.6) is 5.75 Å². The SMILES string of the molecule is COc1ccc(C(O)c2cc(I)ccc2Br)c(Cl)c1. The third-order valence-corrected chi connectivity index (χ3v) is 4.48. The number of aliphatic hydroxyl groups is 1. The van der Waals surface area contributed by atoms with Crippen LogP contribution in [-0.2, 0) is 0 Å². The fraction of sp³-hybridized carbons (Fsp3) is 0.143. The Labute approximate surface area is 139 Å². The fourth-order valence-electron chi connectivity index (χ4n) is 1.75. The van der Waals surface area contributed by atoms with Gasteiger partial charge in [0, 0.05) is 19.2 Å². The lowest BCUT2D eigenvalue weighted by molar-refractivity contribution is 0.219. The molecule has 2 nitrogen and oxygen atoms in total. The molecule has 19 heavy (non-hydrogen) atoms. The highest BCUT2D eigenvalue weighted by Crippen LogP contribution is 2.34. The molecule has 0 fully saturated rings. The van der Waals surface area contributed by atoms with Crippen molar-refractivity contribution in [2.45, 2.75) is 6.10 Å². The van der Waals surface area contributed by atoms with Gasteiger partial charge in [-0.05, 0) is 52.9 Å². The van der Waals surface area contributed by atoms with Gasteiger partial charge < -0.3 is 9.84 Å². The average molecular weight is 454 g/mol. The van der Waals surface area contributed by atoms with Crippen LogP contribution in [0.25, 0.3) is 0 Å². The lowest BCUT2D eigenvalue weighted by Gasteiger charge is -2.16. The number of aliphatic hydroxyl groups excluding tert-OH is 1. The number of ether oxygens (including phenoxy) is 1. The first-order valence-corrected chi connectivity index (χ1v) is 7.74. The standard InChI is InChI=1S/C14H11BrClIO2/c1-19-9-3-4-10(13(16)7-9)14(18)11-6-8(17)2-5-12(11)15/h2-7,14,18H,1H3. The van der Waals surface area contributed by atoms with Gasteiger partial charge in [-0.3, -0.25) is 0 Å². The minimum Gasteiger partial charge on any atom is -0.497 e. The predicted molar refractivity (Wildman–Crippen MR) is 88.9 cm³/mol. The first-order valence-electron chi connectivity index (χ1n) is 5.49. The van der Waals surface area contributed by atoms with Crippen molar-refractivity contribution >= 4 is 50.1 Å². The highest BCUT2D eigenvalue weighted by molar-refractivity contribution is 14.1. The molecule has 0 saturated carbocycles. The molecule has 0 aromatic heterocycles. The Kier molecular flexibility index (Phi) is 5.11. The Morgan fingerprint density at radius 3 is 2.58 bits per heavy atom. The summed E-state index contributed by atoms with van der Waals surface area (Å²) in [6, 6.07) is 11.1. The Morgan fingerprint density at radius 2 is 1.95 bits per heavy atom. The summed E-state index contributed by atoms with van der Waals surface area (Å²) in [6.45, 7) is 0. The van der Waals surface area contributed by atoms with Gasteiger partial charge in [0.15, 0.2) is 0 Å². The summed E-state index contributed by atoms with van der Waals surface area (Å²) >= 11 is 11.8. The Morgan fingerprint density at radius 1 is 1.21 bits per heavy atom. The molecule has 0 amide bonds. The van der Waals surface area contributed by atoms with E-state index in [1.807, 2.05) is 18.2 Å². The van der Waals surface area contributed by atoms with Crippen molar-refractivity contribution in [3.8, 4) is 5.75 Å². The number of halogens is 3. The van der Waals surface area contributed by atoms with E-state index in [2.05, 4.69) is 38.5 Å². The second-order valence-electron chi connectivity index (χ2n) is 3.96. The summed E-state index contributed by atoms with van der Waals surface area (Å²) in [6.07, 6.45) is -0.775. The van der Waals surface area contributed by atoms with Gasteiger partial charge in [0.05, 0.1) is 12.1 Å². The maximum atomic E-state index is 10.5. The van der Waals surface area contributed by atoms with E-state index in [0.29, 0.717) is 16.3 Å². The van der Waals surface area contributed by atoms with Crippen molar-refractivity contribution in [3.05, 3.63) is 60.6 Å². The van der Waals surface area contributed by atoms with Gasteiger partial charge in [0.25, 0.3) is 0 Å². The van der Waals surface area contributed by atoms with E-state index in [0.717, 1.165) is 13.6 Å². The zero-order valence-electron chi connectivity index (χ0n) is 10.0. The van der Waals surface area contributed by atoms with Crippen molar-refractivity contribution < 1.29 is 9.84 Å². The predicted octanol–water partition coefficient (Wildman–Crippen LogP) is 4.80. The lowest BCUT2D eigenvalue weighted by atomic mass is 10.0. The van der Waals surface area contributed by atoms with Gasteiger partial charge in [0.2, 0.25) is 0 Å². The summed E-state index contributed by atoms with van der Waals surface area (Å²) < 4.78 is 7.01. The summed E-state index contributed by atoms with van der Waals surface area (Å²) in [5.41, 5.74) is 1.45. The van der Waals surface area contributed by atoms with E-state index in [1.165, 1.54) is 0 Å². The molecule has 1 unspecified atom stereocenters. The minimum absolute atomic E-state index is 0.484. The Balaban J connectivity index is 2.43. The molecule has 5 heteroatoms. The number of methoxy groups -OCH3 is 1. The Bertz CT molecular complexity index is 604. The van der Waals surface area contributed by atoms with Crippen LogP contribution in [0.4, 0.5) is 0 Å². The molecule has 0 bridgehead atoms. The summed E-state index contributed by atoms with van der Waals surface area (Å²) in [5, 5.41) is 11.0. The summed E-state index contributed by atoms with van der Waals surface area (Å²) in [4.78, 5) is 0. The molecule has 0 spiro atoms. The molecule has 1 N–H and O–H groups in total. The molecule has 100 valence electrons. The number of rotatable bonds is 3. The molecule has 2 aromatic rings. The van der Waals surface area contributed by atoms with Crippen LogP contribution < -0.4 is 4.74 Å². The topological polar surface area (TPSA) is 29.5 Å². The average Bonchev–Trinajstić information content (AvgIpc) is 2.40. The monoisotopic (exact) mass is 452 g/mol. The largest absolute Gasteiger partial charge is 0.497 e. The maximum absolute atomic E-state index is 10.5. The summed E-state index contributed by atoms with van der Waals surface area (Å²) in [5.74, 6) is 0.669. The van der Waals surface area contributed by atoms with Crippen molar-refractivity contribution in [1.29, 1.82) is 0 Å². The van der Waals surface area contributed by atoms with Gasteiger partial charge in [-0.15, -0.1) is 0 Å². The van der Waals surface area contributed by atoms with Crippen molar-refractivity contribution in [1.82, 2.24) is 0 Å². The van der Waals surface area contributed by atoms with Crippen molar-refractivity contribution in [2.75, 3.05) is 7.11 Å². The van der Waals surface area contributed by atoms with Crippen LogP contribution in [0.15, 0.2) is 40.9 Å². The quantitative estimate of drug-likeness (QED) is 0.677. The first kappa shape index (κ1) is 15.1. The van der Waals surface area contributed by atoms with Gasteiger partial charge in [-0.1, -0.05) is 33.6 Å². The van der Waals surface area contributed by atoms with Crippen LogP contribution in [0.3, 0.4) is 0 Å². The van der Waals surface area contributed by atoms with Gasteiger partial charge in [-0.25, -0.2) is 0 Å².